The molecule has 5 nitrogen and oxygen atoms in total. The molecule has 1 aromatic rings. The number of nitrogens with zero attached hydrogens (tertiary/aromatic N) is 2. The van der Waals surface area contributed by atoms with Crippen LogP contribution in [0.25, 0.3) is 0 Å². The Bertz CT molecular complexity index is 427. The molecule has 0 amide bonds. The third-order valence-corrected chi connectivity index (χ3v) is 4.19. The predicted octanol–water partition coefficient (Wildman–Crippen LogP) is 2.49. The van der Waals surface area contributed by atoms with Crippen molar-refractivity contribution in [2.45, 2.75) is 58.1 Å². The van der Waals surface area contributed by atoms with Crippen LogP contribution in [0.3, 0.4) is 0 Å². The minimum absolute atomic E-state index is 0.0380. The fourth-order valence-electron chi connectivity index (χ4n) is 2.82. The molecule has 0 aromatic carbocycles. The molecule has 2 unspecified atom stereocenters. The molecule has 3 rings (SSSR count). The number of aromatic nitrogens is 2. The van der Waals surface area contributed by atoms with E-state index in [1.807, 2.05) is 6.92 Å². The summed E-state index contributed by atoms with van der Waals surface area (Å²) < 4.78 is 11.2. The molecule has 2 saturated carbocycles. The zero-order valence-electron chi connectivity index (χ0n) is 12.5. The van der Waals surface area contributed by atoms with E-state index in [0.29, 0.717) is 18.6 Å². The minimum atomic E-state index is 0.0380. The lowest BCUT2D eigenvalue weighted by Gasteiger charge is -2.14. The molecular weight excluding hydrogens is 254 g/mol. The summed E-state index contributed by atoms with van der Waals surface area (Å²) >= 11 is 0. The largest absolute Gasteiger partial charge is 0.370 e. The Morgan fingerprint density at radius 2 is 2.00 bits per heavy atom. The normalized spacial score (nSPS) is 21.9. The molecule has 5 heteroatoms. The van der Waals surface area contributed by atoms with Gasteiger partial charge in [0, 0.05) is 19.1 Å². The molecule has 0 radical (unpaired) electrons. The standard InChI is InChI=1S/C15H25N3O2/c1-3-16-12(10-5-6-10)9-13-17-15(18-20-13)14(19-4-2)11-7-8-11/h10-12,14,16H,3-9H2,1-2H3. The van der Waals surface area contributed by atoms with Crippen LogP contribution in [-0.2, 0) is 11.2 Å². The Balaban J connectivity index is 1.62. The van der Waals surface area contributed by atoms with E-state index in [-0.39, 0.29) is 6.10 Å². The highest BCUT2D eigenvalue weighted by atomic mass is 16.5. The number of rotatable bonds is 9. The van der Waals surface area contributed by atoms with Gasteiger partial charge in [0.05, 0.1) is 0 Å². The zero-order chi connectivity index (χ0) is 13.9. The van der Waals surface area contributed by atoms with E-state index in [2.05, 4.69) is 22.4 Å². The van der Waals surface area contributed by atoms with Crippen LogP contribution in [0.5, 0.6) is 0 Å². The Kier molecular flexibility index (Phi) is 4.36. The average molecular weight is 279 g/mol. The van der Waals surface area contributed by atoms with E-state index in [1.54, 1.807) is 0 Å². The Morgan fingerprint density at radius 1 is 1.25 bits per heavy atom. The molecule has 0 saturated heterocycles. The fraction of sp³-hybridized carbons (Fsp3) is 0.867. The first-order valence-corrected chi connectivity index (χ1v) is 7.99. The third-order valence-electron chi connectivity index (χ3n) is 4.19. The Hall–Kier alpha value is -0.940. The first-order chi connectivity index (χ1) is 9.81. The number of likely N-dealkylation sites (N-methyl/N-ethyl adjacent to an activating group) is 1. The summed E-state index contributed by atoms with van der Waals surface area (Å²) in [7, 11) is 0. The van der Waals surface area contributed by atoms with Crippen LogP contribution in [0, 0.1) is 11.8 Å². The molecule has 2 atom stereocenters. The van der Waals surface area contributed by atoms with Crippen LogP contribution in [0.4, 0.5) is 0 Å². The maximum Gasteiger partial charge on any atom is 0.228 e. The summed E-state index contributed by atoms with van der Waals surface area (Å²) in [4.78, 5) is 4.58. The number of nitrogens with one attached hydrogen (secondary N) is 1. The van der Waals surface area contributed by atoms with E-state index in [9.17, 15) is 0 Å². The number of hydrogen-bond acceptors (Lipinski definition) is 5. The van der Waals surface area contributed by atoms with Crippen molar-refractivity contribution in [2.75, 3.05) is 13.2 Å². The Labute approximate surface area is 120 Å². The molecule has 112 valence electrons. The minimum Gasteiger partial charge on any atom is -0.370 e. The van der Waals surface area contributed by atoms with Crippen molar-refractivity contribution in [2.24, 2.45) is 11.8 Å². The summed E-state index contributed by atoms with van der Waals surface area (Å²) in [5.74, 6) is 2.88. The lowest BCUT2D eigenvalue weighted by Crippen LogP contribution is -2.33. The van der Waals surface area contributed by atoms with Gasteiger partial charge in [-0.05, 0) is 51.0 Å². The monoisotopic (exact) mass is 279 g/mol. The Morgan fingerprint density at radius 3 is 2.60 bits per heavy atom. The van der Waals surface area contributed by atoms with Crippen molar-refractivity contribution in [1.82, 2.24) is 15.5 Å². The van der Waals surface area contributed by atoms with Gasteiger partial charge in [0.25, 0.3) is 0 Å². The first kappa shape index (κ1) is 14.0. The predicted molar refractivity (Wildman–Crippen MR) is 75.3 cm³/mol. The average Bonchev–Trinajstić information content (AvgIpc) is 3.34. The van der Waals surface area contributed by atoms with Gasteiger partial charge in [-0.1, -0.05) is 12.1 Å². The lowest BCUT2D eigenvalue weighted by atomic mass is 10.1. The summed E-state index contributed by atoms with van der Waals surface area (Å²) in [5.41, 5.74) is 0. The molecule has 0 spiro atoms. The van der Waals surface area contributed by atoms with Gasteiger partial charge in [-0.15, -0.1) is 0 Å². The topological polar surface area (TPSA) is 60.2 Å². The second-order valence-corrected chi connectivity index (χ2v) is 5.97. The van der Waals surface area contributed by atoms with Gasteiger partial charge in [-0.3, -0.25) is 0 Å². The van der Waals surface area contributed by atoms with Crippen molar-refractivity contribution in [3.63, 3.8) is 0 Å². The first-order valence-electron chi connectivity index (χ1n) is 7.99. The van der Waals surface area contributed by atoms with E-state index in [0.717, 1.165) is 30.6 Å². The van der Waals surface area contributed by atoms with Crippen molar-refractivity contribution >= 4 is 0 Å². The van der Waals surface area contributed by atoms with Crippen molar-refractivity contribution in [1.29, 1.82) is 0 Å². The van der Waals surface area contributed by atoms with Gasteiger partial charge in [-0.25, -0.2) is 0 Å². The van der Waals surface area contributed by atoms with E-state index >= 15 is 0 Å². The van der Waals surface area contributed by atoms with Crippen LogP contribution < -0.4 is 5.32 Å². The van der Waals surface area contributed by atoms with Crippen LogP contribution in [0.15, 0.2) is 4.52 Å². The van der Waals surface area contributed by atoms with Crippen LogP contribution >= 0.6 is 0 Å². The lowest BCUT2D eigenvalue weighted by molar-refractivity contribution is 0.0384. The van der Waals surface area contributed by atoms with E-state index < -0.39 is 0 Å². The molecule has 0 bridgehead atoms. The molecule has 1 heterocycles. The van der Waals surface area contributed by atoms with Crippen LogP contribution in [0.1, 0.15) is 57.3 Å². The summed E-state index contributed by atoms with van der Waals surface area (Å²) in [6.07, 6.45) is 5.96. The van der Waals surface area contributed by atoms with Crippen LogP contribution in [-0.4, -0.2) is 29.3 Å². The molecule has 1 N–H and O–H groups in total. The van der Waals surface area contributed by atoms with Crippen LogP contribution in [0.2, 0.25) is 0 Å². The maximum atomic E-state index is 5.78. The van der Waals surface area contributed by atoms with Gasteiger partial charge in [0.2, 0.25) is 11.7 Å². The second kappa shape index (κ2) is 6.22. The van der Waals surface area contributed by atoms with Gasteiger partial charge in [-0.2, -0.15) is 4.98 Å². The highest BCUT2D eigenvalue weighted by Crippen LogP contribution is 2.42. The molecule has 1 aromatic heterocycles. The highest BCUT2D eigenvalue weighted by molar-refractivity contribution is 5.00. The zero-order valence-corrected chi connectivity index (χ0v) is 12.5. The quantitative estimate of drug-likeness (QED) is 0.752. The van der Waals surface area contributed by atoms with Gasteiger partial charge >= 0.3 is 0 Å². The van der Waals surface area contributed by atoms with Gasteiger partial charge in [0.1, 0.15) is 6.10 Å². The molecule has 2 aliphatic carbocycles. The fourth-order valence-corrected chi connectivity index (χ4v) is 2.82. The summed E-state index contributed by atoms with van der Waals surface area (Å²) in [6.45, 7) is 5.86. The smallest absolute Gasteiger partial charge is 0.228 e. The maximum absolute atomic E-state index is 5.78. The number of ether oxygens (including phenoxy) is 1. The number of hydrogen-bond donors (Lipinski definition) is 1. The van der Waals surface area contributed by atoms with E-state index in [4.69, 9.17) is 9.26 Å². The molecule has 2 aliphatic rings. The van der Waals surface area contributed by atoms with Gasteiger partial charge < -0.3 is 14.6 Å². The van der Waals surface area contributed by atoms with Gasteiger partial charge in [0.15, 0.2) is 0 Å². The summed E-state index contributed by atoms with van der Waals surface area (Å²) in [5, 5.41) is 7.68. The molecule has 0 aliphatic heterocycles. The van der Waals surface area contributed by atoms with E-state index in [1.165, 1.54) is 25.7 Å². The van der Waals surface area contributed by atoms with Crippen molar-refractivity contribution in [3.8, 4) is 0 Å². The van der Waals surface area contributed by atoms with Crippen molar-refractivity contribution < 1.29 is 9.26 Å². The second-order valence-electron chi connectivity index (χ2n) is 5.97. The molecular formula is C15H25N3O2. The summed E-state index contributed by atoms with van der Waals surface area (Å²) in [6, 6.07) is 0.486. The SMILES string of the molecule is CCNC(Cc1nc(C(OCC)C2CC2)no1)C1CC1. The molecule has 20 heavy (non-hydrogen) atoms. The van der Waals surface area contributed by atoms with Crippen molar-refractivity contribution in [3.05, 3.63) is 11.7 Å². The highest BCUT2D eigenvalue weighted by Gasteiger charge is 2.37. The third kappa shape index (κ3) is 3.38. The molecule has 2 fully saturated rings.